The molecule has 3 aromatic rings. The van der Waals surface area contributed by atoms with Gasteiger partial charge in [0.25, 0.3) is 11.5 Å². The van der Waals surface area contributed by atoms with Crippen LogP contribution >= 0.6 is 0 Å². The molecule has 0 saturated carbocycles. The van der Waals surface area contributed by atoms with Gasteiger partial charge in [0.15, 0.2) is 5.60 Å². The number of hydrogen-bond donors (Lipinski definition) is 2. The molecule has 1 saturated heterocycles. The molecule has 4 atom stereocenters. The summed E-state index contributed by atoms with van der Waals surface area (Å²) in [4.78, 5) is 29.5. The number of hydrogen-bond acceptors (Lipinski definition) is 4. The lowest BCUT2D eigenvalue weighted by Gasteiger charge is -2.31. The molecule has 2 N–H and O–H groups in total. The van der Waals surface area contributed by atoms with E-state index < -0.39 is 31.6 Å². The number of aromatic nitrogens is 2. The van der Waals surface area contributed by atoms with Crippen molar-refractivity contribution in [1.29, 1.82) is 0 Å². The van der Waals surface area contributed by atoms with Crippen molar-refractivity contribution in [2.75, 3.05) is 18.1 Å². The van der Waals surface area contributed by atoms with Crippen molar-refractivity contribution in [2.24, 2.45) is 5.92 Å². The van der Waals surface area contributed by atoms with Gasteiger partial charge in [0, 0.05) is 30.2 Å². The van der Waals surface area contributed by atoms with E-state index in [0.717, 1.165) is 12.8 Å². The smallest absolute Gasteiger partial charge is 0.279 e. The molecular formula is C33H42FN3O4Si. The van der Waals surface area contributed by atoms with E-state index >= 15 is 4.11 Å². The van der Waals surface area contributed by atoms with Crippen LogP contribution in [0.4, 0.5) is 9.80 Å². The number of amides is 1. The molecule has 0 bridgehead atoms. The summed E-state index contributed by atoms with van der Waals surface area (Å²) in [5, 5.41) is 13.6. The Morgan fingerprint density at radius 3 is 2.55 bits per heavy atom. The standard InChI is InChI=1S/C33H42FN3O4Si/c1-21(2)10-9-11-22(3)16-18-36-28-15-14-24(37-31(39)25-12-7-8-13-27(25)35-37)20-26(28)33(32(36)40)23(4)30(42(5,6)34)29(41-33)17-19-38/h7-8,10,12-16,20,23,29-30,35,38H,9,11,17-19H2,1-6H3/b22-16+/t23-,29+,30-,33+/m0/s1. The first-order valence-corrected chi connectivity index (χ1v) is 17.8. The van der Waals surface area contributed by atoms with Gasteiger partial charge in [-0.1, -0.05) is 42.4 Å². The van der Waals surface area contributed by atoms with Crippen LogP contribution in [0.5, 0.6) is 0 Å². The molecule has 224 valence electrons. The first kappa shape index (κ1) is 30.2. The van der Waals surface area contributed by atoms with E-state index in [1.165, 1.54) is 15.8 Å². The first-order valence-electron chi connectivity index (χ1n) is 14.8. The predicted octanol–water partition coefficient (Wildman–Crippen LogP) is 6.52. The van der Waals surface area contributed by atoms with E-state index in [2.05, 4.69) is 38.0 Å². The van der Waals surface area contributed by atoms with Crippen LogP contribution in [-0.2, 0) is 15.1 Å². The zero-order chi connectivity index (χ0) is 30.4. The number of carbonyl (C=O) groups excluding carboxylic acids is 1. The Bertz CT molecular complexity index is 1610. The van der Waals surface area contributed by atoms with Gasteiger partial charge in [-0.15, -0.1) is 0 Å². The number of aromatic amines is 1. The molecule has 0 aliphatic carbocycles. The van der Waals surface area contributed by atoms with Crippen molar-refractivity contribution in [3.8, 4) is 5.69 Å². The Hall–Kier alpha value is -3.27. The third-order valence-corrected chi connectivity index (χ3v) is 11.4. The molecule has 1 amide bonds. The van der Waals surface area contributed by atoms with Gasteiger partial charge in [0.1, 0.15) is 0 Å². The Morgan fingerprint density at radius 1 is 1.14 bits per heavy atom. The molecule has 5 rings (SSSR count). The van der Waals surface area contributed by atoms with Crippen molar-refractivity contribution in [1.82, 2.24) is 9.78 Å². The minimum atomic E-state index is -3.31. The second-order valence-electron chi connectivity index (χ2n) is 12.6. The van der Waals surface area contributed by atoms with Crippen LogP contribution in [0.1, 0.15) is 52.5 Å². The maximum atomic E-state index is 15.9. The number of rotatable bonds is 9. The second kappa shape index (κ2) is 11.4. The van der Waals surface area contributed by atoms with Crippen LogP contribution < -0.4 is 10.5 Å². The molecule has 2 aliphatic heterocycles. The largest absolute Gasteiger partial charge is 0.396 e. The van der Waals surface area contributed by atoms with Crippen molar-refractivity contribution < 1.29 is 18.7 Å². The summed E-state index contributed by atoms with van der Waals surface area (Å²) in [7, 11) is -3.31. The zero-order valence-electron chi connectivity index (χ0n) is 25.4. The molecule has 9 heteroatoms. The van der Waals surface area contributed by atoms with E-state index in [-0.39, 0.29) is 24.5 Å². The van der Waals surface area contributed by atoms with E-state index in [0.29, 0.717) is 34.4 Å². The number of aliphatic hydroxyl groups is 1. The van der Waals surface area contributed by atoms with Gasteiger partial charge < -0.3 is 18.9 Å². The van der Waals surface area contributed by atoms with Crippen molar-refractivity contribution in [3.05, 3.63) is 81.7 Å². The Balaban J connectivity index is 1.62. The number of nitrogens with one attached hydrogen (secondary N) is 1. The maximum absolute atomic E-state index is 15.9. The summed E-state index contributed by atoms with van der Waals surface area (Å²) in [5.41, 5.74) is 3.00. The third kappa shape index (κ3) is 5.12. The molecule has 0 unspecified atom stereocenters. The van der Waals surface area contributed by atoms with Gasteiger partial charge in [-0.2, -0.15) is 0 Å². The normalized spacial score (nSPS) is 24.2. The number of nitrogens with zero attached hydrogens (tertiary/aromatic N) is 2. The molecule has 1 spiro atoms. The summed E-state index contributed by atoms with van der Waals surface area (Å²) in [5.74, 6) is -0.683. The van der Waals surface area contributed by atoms with Gasteiger partial charge in [-0.25, -0.2) is 4.68 Å². The molecule has 2 aromatic carbocycles. The van der Waals surface area contributed by atoms with E-state index in [4.69, 9.17) is 4.74 Å². The summed E-state index contributed by atoms with van der Waals surface area (Å²) in [6.45, 7) is 11.6. The van der Waals surface area contributed by atoms with Crippen LogP contribution in [0.15, 0.2) is 70.6 Å². The number of benzene rings is 2. The highest BCUT2D eigenvalue weighted by atomic mass is 28.4. The minimum absolute atomic E-state index is 0.155. The number of para-hydroxylation sites is 1. The number of aliphatic hydroxyl groups excluding tert-OH is 1. The molecule has 3 heterocycles. The van der Waals surface area contributed by atoms with E-state index in [1.807, 2.05) is 43.3 Å². The lowest BCUT2D eigenvalue weighted by atomic mass is 9.82. The summed E-state index contributed by atoms with van der Waals surface area (Å²) < 4.78 is 24.0. The number of anilines is 1. The highest BCUT2D eigenvalue weighted by molar-refractivity contribution is 6.72. The zero-order valence-corrected chi connectivity index (χ0v) is 26.4. The third-order valence-electron chi connectivity index (χ3n) is 8.92. The van der Waals surface area contributed by atoms with Crippen LogP contribution in [-0.4, -0.2) is 48.5 Å². The minimum Gasteiger partial charge on any atom is -0.396 e. The van der Waals surface area contributed by atoms with Gasteiger partial charge in [0.05, 0.1) is 28.4 Å². The first-order chi connectivity index (χ1) is 19.9. The van der Waals surface area contributed by atoms with Crippen LogP contribution in [0.25, 0.3) is 16.6 Å². The molecule has 2 aliphatic rings. The maximum Gasteiger partial charge on any atom is 0.279 e. The number of allylic oxidation sites excluding steroid dienone is 3. The summed E-state index contributed by atoms with van der Waals surface area (Å²) in [6.07, 6.45) is 5.77. The van der Waals surface area contributed by atoms with Crippen LogP contribution in [0.3, 0.4) is 0 Å². The second-order valence-corrected chi connectivity index (χ2v) is 16.4. The van der Waals surface area contributed by atoms with Crippen molar-refractivity contribution >= 4 is 30.9 Å². The topological polar surface area (TPSA) is 87.6 Å². The molecule has 0 radical (unpaired) electrons. The molecule has 1 fully saturated rings. The number of carbonyl (C=O) groups is 1. The monoisotopic (exact) mass is 591 g/mol. The summed E-state index contributed by atoms with van der Waals surface area (Å²) in [6, 6.07) is 12.8. The summed E-state index contributed by atoms with van der Waals surface area (Å²) >= 11 is 0. The molecule has 7 nitrogen and oxygen atoms in total. The van der Waals surface area contributed by atoms with Gasteiger partial charge in [-0.05, 0) is 83.5 Å². The average Bonchev–Trinajstić information content (AvgIpc) is 3.50. The molecule has 42 heavy (non-hydrogen) atoms. The van der Waals surface area contributed by atoms with Crippen LogP contribution in [0.2, 0.25) is 18.6 Å². The van der Waals surface area contributed by atoms with Crippen LogP contribution in [0, 0.1) is 5.92 Å². The highest BCUT2D eigenvalue weighted by Crippen LogP contribution is 2.60. The van der Waals surface area contributed by atoms with E-state index in [1.54, 1.807) is 24.1 Å². The number of ether oxygens (including phenoxy) is 1. The predicted molar refractivity (Wildman–Crippen MR) is 168 cm³/mol. The Kier molecular flexibility index (Phi) is 8.22. The lowest BCUT2D eigenvalue weighted by Crippen LogP contribution is -2.45. The fourth-order valence-corrected chi connectivity index (χ4v) is 9.47. The average molecular weight is 592 g/mol. The van der Waals surface area contributed by atoms with Gasteiger partial charge in [0.2, 0.25) is 8.41 Å². The SMILES string of the molecule is CC(C)=CCC/C(C)=C/CN1C(=O)[C@]2(O[C@H](CCO)[C@@H]([Si](C)(C)F)[C@@H]2C)c2cc(-n3[nH]c4ccccc4c3=O)ccc21. The fourth-order valence-electron chi connectivity index (χ4n) is 6.93. The Morgan fingerprint density at radius 2 is 1.88 bits per heavy atom. The van der Waals surface area contributed by atoms with Crippen molar-refractivity contribution in [3.63, 3.8) is 0 Å². The lowest BCUT2D eigenvalue weighted by molar-refractivity contribution is -0.146. The molecular weight excluding hydrogens is 549 g/mol. The fraction of sp³-hybridized carbons (Fsp3) is 0.455. The quantitative estimate of drug-likeness (QED) is 0.169. The van der Waals surface area contributed by atoms with Gasteiger partial charge in [-0.3, -0.25) is 14.7 Å². The van der Waals surface area contributed by atoms with Crippen molar-refractivity contribution in [2.45, 2.75) is 77.3 Å². The number of halogens is 1. The number of H-pyrrole nitrogens is 1. The highest BCUT2D eigenvalue weighted by Gasteiger charge is 2.66. The number of fused-ring (bicyclic) bond motifs is 3. The molecule has 1 aromatic heterocycles. The Labute approximate surface area is 247 Å². The van der Waals surface area contributed by atoms with Gasteiger partial charge >= 0.3 is 0 Å². The van der Waals surface area contributed by atoms with E-state index in [9.17, 15) is 14.7 Å².